The van der Waals surface area contributed by atoms with Crippen molar-refractivity contribution in [1.29, 1.82) is 0 Å². The van der Waals surface area contributed by atoms with Crippen LogP contribution >= 0.6 is 0 Å². The first-order valence-corrected chi connectivity index (χ1v) is 9.07. The fourth-order valence-electron chi connectivity index (χ4n) is 4.10. The van der Waals surface area contributed by atoms with Crippen LogP contribution < -0.4 is 5.32 Å². The van der Waals surface area contributed by atoms with Gasteiger partial charge in [-0.25, -0.2) is 0 Å². The number of hydrogen-bond donors (Lipinski definition) is 1. The Balaban J connectivity index is 1.48. The predicted molar refractivity (Wildman–Crippen MR) is 89.1 cm³/mol. The predicted octanol–water partition coefficient (Wildman–Crippen LogP) is 2.91. The quantitative estimate of drug-likeness (QED) is 0.925. The SMILES string of the molecule is c1ccc2c(c1)CCN(C1CCC1)CC2OC[C@@H]1CCCN1. The first-order valence-electron chi connectivity index (χ1n) is 9.07. The minimum atomic E-state index is 0.252. The van der Waals surface area contributed by atoms with Gasteiger partial charge in [0.2, 0.25) is 0 Å². The van der Waals surface area contributed by atoms with Crippen LogP contribution in [0.25, 0.3) is 0 Å². The summed E-state index contributed by atoms with van der Waals surface area (Å²) in [6.07, 6.45) is 8.16. The van der Waals surface area contributed by atoms with Crippen molar-refractivity contribution in [3.63, 3.8) is 0 Å². The highest BCUT2D eigenvalue weighted by atomic mass is 16.5. The van der Waals surface area contributed by atoms with Crippen molar-refractivity contribution in [2.75, 3.05) is 26.2 Å². The van der Waals surface area contributed by atoms with E-state index in [2.05, 4.69) is 34.5 Å². The van der Waals surface area contributed by atoms with Crippen LogP contribution in [0, 0.1) is 0 Å². The van der Waals surface area contributed by atoms with Gasteiger partial charge in [-0.05, 0) is 49.8 Å². The summed E-state index contributed by atoms with van der Waals surface area (Å²) < 4.78 is 6.42. The van der Waals surface area contributed by atoms with Crippen LogP contribution in [-0.4, -0.2) is 43.2 Å². The molecule has 1 aliphatic carbocycles. The van der Waals surface area contributed by atoms with Crippen LogP contribution in [0.4, 0.5) is 0 Å². The third kappa shape index (κ3) is 3.08. The van der Waals surface area contributed by atoms with Crippen molar-refractivity contribution >= 4 is 0 Å². The van der Waals surface area contributed by atoms with E-state index in [1.165, 1.54) is 56.2 Å². The molecular formula is C19H28N2O. The van der Waals surface area contributed by atoms with Gasteiger partial charge in [-0.15, -0.1) is 0 Å². The summed E-state index contributed by atoms with van der Waals surface area (Å²) in [6.45, 7) is 4.29. The lowest BCUT2D eigenvalue weighted by atomic mass is 9.91. The second-order valence-electron chi connectivity index (χ2n) is 7.14. The number of nitrogens with zero attached hydrogens (tertiary/aromatic N) is 1. The Morgan fingerprint density at radius 2 is 2.05 bits per heavy atom. The molecule has 2 fully saturated rings. The van der Waals surface area contributed by atoms with Gasteiger partial charge in [0.1, 0.15) is 0 Å². The molecule has 120 valence electrons. The second kappa shape index (κ2) is 6.69. The largest absolute Gasteiger partial charge is 0.371 e. The van der Waals surface area contributed by atoms with E-state index in [9.17, 15) is 0 Å². The number of fused-ring (bicyclic) bond motifs is 1. The Hall–Kier alpha value is -0.900. The molecule has 0 aromatic heterocycles. The van der Waals surface area contributed by atoms with E-state index in [1.807, 2.05) is 0 Å². The first-order chi connectivity index (χ1) is 10.9. The second-order valence-corrected chi connectivity index (χ2v) is 7.14. The topological polar surface area (TPSA) is 24.5 Å². The van der Waals surface area contributed by atoms with Crippen LogP contribution in [0.3, 0.4) is 0 Å². The maximum atomic E-state index is 6.42. The molecule has 1 aromatic rings. The van der Waals surface area contributed by atoms with Crippen LogP contribution in [0.5, 0.6) is 0 Å². The highest BCUT2D eigenvalue weighted by Crippen LogP contribution is 2.32. The number of benzene rings is 1. The third-order valence-electron chi connectivity index (χ3n) is 5.72. The molecule has 0 spiro atoms. The zero-order valence-electron chi connectivity index (χ0n) is 13.5. The fourth-order valence-corrected chi connectivity index (χ4v) is 4.10. The molecule has 1 aromatic carbocycles. The summed E-state index contributed by atoms with van der Waals surface area (Å²) in [5, 5.41) is 3.55. The Morgan fingerprint density at radius 3 is 2.82 bits per heavy atom. The van der Waals surface area contributed by atoms with Gasteiger partial charge in [0.25, 0.3) is 0 Å². The third-order valence-corrected chi connectivity index (χ3v) is 5.72. The number of rotatable bonds is 4. The minimum Gasteiger partial charge on any atom is -0.371 e. The zero-order chi connectivity index (χ0) is 14.8. The summed E-state index contributed by atoms with van der Waals surface area (Å²) in [5.74, 6) is 0. The van der Waals surface area contributed by atoms with Crippen LogP contribution in [0.2, 0.25) is 0 Å². The lowest BCUT2D eigenvalue weighted by Crippen LogP contribution is -2.43. The van der Waals surface area contributed by atoms with Crippen LogP contribution in [0.15, 0.2) is 24.3 Å². The zero-order valence-corrected chi connectivity index (χ0v) is 13.5. The number of hydrogen-bond acceptors (Lipinski definition) is 3. The highest BCUT2D eigenvalue weighted by molar-refractivity contribution is 5.31. The van der Waals surface area contributed by atoms with Gasteiger partial charge in [0.05, 0.1) is 12.7 Å². The highest BCUT2D eigenvalue weighted by Gasteiger charge is 2.31. The van der Waals surface area contributed by atoms with Gasteiger partial charge in [0, 0.05) is 25.2 Å². The monoisotopic (exact) mass is 300 g/mol. The van der Waals surface area contributed by atoms with Crippen molar-refractivity contribution in [3.8, 4) is 0 Å². The molecule has 3 nitrogen and oxygen atoms in total. The van der Waals surface area contributed by atoms with E-state index in [4.69, 9.17) is 4.74 Å². The minimum absolute atomic E-state index is 0.252. The van der Waals surface area contributed by atoms with Gasteiger partial charge in [-0.2, -0.15) is 0 Å². The van der Waals surface area contributed by atoms with Crippen LogP contribution in [-0.2, 0) is 11.2 Å². The van der Waals surface area contributed by atoms with E-state index in [-0.39, 0.29) is 6.10 Å². The summed E-state index contributed by atoms with van der Waals surface area (Å²) in [7, 11) is 0. The van der Waals surface area contributed by atoms with E-state index in [0.717, 1.165) is 25.7 Å². The molecule has 1 saturated carbocycles. The van der Waals surface area contributed by atoms with Gasteiger partial charge in [-0.1, -0.05) is 30.7 Å². The molecule has 1 N–H and O–H groups in total. The molecule has 22 heavy (non-hydrogen) atoms. The van der Waals surface area contributed by atoms with E-state index in [0.29, 0.717) is 6.04 Å². The molecular weight excluding hydrogens is 272 g/mol. The van der Waals surface area contributed by atoms with E-state index < -0.39 is 0 Å². The molecule has 2 aliphatic heterocycles. The Bertz CT molecular complexity index is 494. The molecule has 4 rings (SSSR count). The summed E-state index contributed by atoms with van der Waals surface area (Å²) in [6, 6.07) is 10.3. The maximum absolute atomic E-state index is 6.42. The molecule has 2 heterocycles. The molecule has 0 amide bonds. The van der Waals surface area contributed by atoms with Crippen LogP contribution in [0.1, 0.15) is 49.3 Å². The Morgan fingerprint density at radius 1 is 1.14 bits per heavy atom. The summed E-state index contributed by atoms with van der Waals surface area (Å²) >= 11 is 0. The molecule has 3 heteroatoms. The van der Waals surface area contributed by atoms with Gasteiger partial charge in [-0.3, -0.25) is 4.90 Å². The lowest BCUT2D eigenvalue weighted by Gasteiger charge is -2.38. The van der Waals surface area contributed by atoms with Gasteiger partial charge in [0.15, 0.2) is 0 Å². The summed E-state index contributed by atoms with van der Waals surface area (Å²) in [5.41, 5.74) is 2.93. The summed E-state index contributed by atoms with van der Waals surface area (Å²) in [4.78, 5) is 2.69. The van der Waals surface area contributed by atoms with Gasteiger partial charge < -0.3 is 10.1 Å². The fraction of sp³-hybridized carbons (Fsp3) is 0.684. The van der Waals surface area contributed by atoms with Crippen molar-refractivity contribution in [2.24, 2.45) is 0 Å². The average molecular weight is 300 g/mol. The van der Waals surface area contributed by atoms with E-state index in [1.54, 1.807) is 0 Å². The molecule has 0 radical (unpaired) electrons. The molecule has 1 saturated heterocycles. The number of nitrogens with one attached hydrogen (secondary N) is 1. The van der Waals surface area contributed by atoms with Gasteiger partial charge >= 0.3 is 0 Å². The average Bonchev–Trinajstić information content (AvgIpc) is 2.94. The maximum Gasteiger partial charge on any atom is 0.0955 e. The first kappa shape index (κ1) is 14.7. The normalized spacial score (nSPS) is 29.8. The molecule has 2 atom stereocenters. The van der Waals surface area contributed by atoms with Crippen molar-refractivity contribution < 1.29 is 4.74 Å². The van der Waals surface area contributed by atoms with Crippen molar-refractivity contribution in [1.82, 2.24) is 10.2 Å². The lowest BCUT2D eigenvalue weighted by molar-refractivity contribution is -0.0000200. The standard InChI is InChI=1S/C19H28N2O/c1-2-9-18-15(5-1)10-12-21(17-7-3-8-17)13-19(18)22-14-16-6-4-11-20-16/h1-2,5,9,16-17,19-20H,3-4,6-8,10-14H2/t16-,19?/m0/s1. The molecule has 3 aliphatic rings. The smallest absolute Gasteiger partial charge is 0.0955 e. The van der Waals surface area contributed by atoms with Crippen molar-refractivity contribution in [3.05, 3.63) is 35.4 Å². The molecule has 0 bridgehead atoms. The Labute approximate surface area is 134 Å². The van der Waals surface area contributed by atoms with E-state index >= 15 is 0 Å². The Kier molecular flexibility index (Phi) is 4.47. The molecule has 1 unspecified atom stereocenters. The number of ether oxygens (including phenoxy) is 1. The van der Waals surface area contributed by atoms with Crippen molar-refractivity contribution in [2.45, 2.75) is 56.7 Å².